The van der Waals surface area contributed by atoms with Crippen LogP contribution in [0.5, 0.6) is 0 Å². The van der Waals surface area contributed by atoms with E-state index < -0.39 is 0 Å². The molecule has 0 atom stereocenters. The Hall–Kier alpha value is -3.18. The predicted octanol–water partition coefficient (Wildman–Crippen LogP) is 6.98. The molecule has 5 heteroatoms. The Morgan fingerprint density at radius 1 is 0.857 bits per heavy atom. The zero-order valence-corrected chi connectivity index (χ0v) is 16.1. The Labute approximate surface area is 167 Å². The van der Waals surface area contributed by atoms with E-state index in [1.807, 2.05) is 59.2 Å². The van der Waals surface area contributed by atoms with Crippen molar-refractivity contribution in [2.45, 2.75) is 0 Å². The van der Waals surface area contributed by atoms with Gasteiger partial charge in [-0.1, -0.05) is 34.1 Å². The van der Waals surface area contributed by atoms with E-state index in [9.17, 15) is 4.39 Å². The highest BCUT2D eigenvalue weighted by Crippen LogP contribution is 2.38. The molecule has 3 aromatic heterocycles. The van der Waals surface area contributed by atoms with Crippen LogP contribution in [0, 0.1) is 5.82 Å². The van der Waals surface area contributed by atoms with Gasteiger partial charge < -0.3 is 8.98 Å². The van der Waals surface area contributed by atoms with Crippen molar-refractivity contribution in [3.8, 4) is 5.69 Å². The number of hydrogen-bond donors (Lipinski definition) is 0. The SMILES string of the molecule is Fc1cc(-n2c3ccc(Br)cc3c3ncccc32)c2oc3ccccc3c2c1. The van der Waals surface area contributed by atoms with Gasteiger partial charge in [-0.15, -0.1) is 0 Å². The molecule has 3 nitrogen and oxygen atoms in total. The van der Waals surface area contributed by atoms with Gasteiger partial charge in [0.25, 0.3) is 0 Å². The molecule has 28 heavy (non-hydrogen) atoms. The fourth-order valence-electron chi connectivity index (χ4n) is 4.01. The summed E-state index contributed by atoms with van der Waals surface area (Å²) in [5.74, 6) is -0.301. The zero-order valence-electron chi connectivity index (χ0n) is 14.5. The summed E-state index contributed by atoms with van der Waals surface area (Å²) in [4.78, 5) is 4.58. The first-order valence-electron chi connectivity index (χ1n) is 8.86. The van der Waals surface area contributed by atoms with Crippen molar-refractivity contribution in [2.24, 2.45) is 0 Å². The van der Waals surface area contributed by atoms with Gasteiger partial charge in [-0.3, -0.25) is 4.98 Å². The van der Waals surface area contributed by atoms with Crippen molar-refractivity contribution in [2.75, 3.05) is 0 Å². The van der Waals surface area contributed by atoms with Crippen molar-refractivity contribution in [1.29, 1.82) is 0 Å². The smallest absolute Gasteiger partial charge is 0.159 e. The Morgan fingerprint density at radius 2 is 1.75 bits per heavy atom. The molecular formula is C23H12BrFN2O. The van der Waals surface area contributed by atoms with Crippen LogP contribution in [0.15, 0.2) is 81.8 Å². The van der Waals surface area contributed by atoms with Crippen LogP contribution in [0.2, 0.25) is 0 Å². The first-order chi connectivity index (χ1) is 13.7. The lowest BCUT2D eigenvalue weighted by atomic mass is 10.1. The maximum absolute atomic E-state index is 14.7. The zero-order chi connectivity index (χ0) is 18.8. The number of rotatable bonds is 1. The van der Waals surface area contributed by atoms with Crippen LogP contribution in [0.4, 0.5) is 4.39 Å². The molecule has 6 aromatic rings. The van der Waals surface area contributed by atoms with Crippen molar-refractivity contribution in [1.82, 2.24) is 9.55 Å². The fourth-order valence-corrected chi connectivity index (χ4v) is 4.37. The summed E-state index contributed by atoms with van der Waals surface area (Å²) in [7, 11) is 0. The second-order valence-electron chi connectivity index (χ2n) is 6.77. The highest BCUT2D eigenvalue weighted by atomic mass is 79.9. The molecule has 6 rings (SSSR count). The number of halogens is 2. The van der Waals surface area contributed by atoms with Gasteiger partial charge in [0.1, 0.15) is 11.4 Å². The summed E-state index contributed by atoms with van der Waals surface area (Å²) >= 11 is 3.54. The van der Waals surface area contributed by atoms with Gasteiger partial charge in [0, 0.05) is 32.9 Å². The Balaban J connectivity index is 1.85. The van der Waals surface area contributed by atoms with Gasteiger partial charge >= 0.3 is 0 Å². The van der Waals surface area contributed by atoms with Gasteiger partial charge in [0.15, 0.2) is 5.58 Å². The van der Waals surface area contributed by atoms with Gasteiger partial charge in [-0.05, 0) is 42.5 Å². The van der Waals surface area contributed by atoms with Crippen molar-refractivity contribution in [3.63, 3.8) is 0 Å². The summed E-state index contributed by atoms with van der Waals surface area (Å²) in [6, 6.07) is 20.7. The third-order valence-electron chi connectivity index (χ3n) is 5.15. The fraction of sp³-hybridized carbons (Fsp3) is 0. The number of benzene rings is 3. The average molecular weight is 431 g/mol. The Bertz CT molecular complexity index is 1550. The molecule has 0 amide bonds. The van der Waals surface area contributed by atoms with Crippen molar-refractivity contribution >= 4 is 59.8 Å². The van der Waals surface area contributed by atoms with Gasteiger partial charge in [0.2, 0.25) is 0 Å². The van der Waals surface area contributed by atoms with Gasteiger partial charge in [-0.2, -0.15) is 0 Å². The van der Waals surface area contributed by atoms with Crippen molar-refractivity contribution in [3.05, 3.63) is 83.2 Å². The number of hydrogen-bond acceptors (Lipinski definition) is 2. The predicted molar refractivity (Wildman–Crippen MR) is 114 cm³/mol. The number of aromatic nitrogens is 2. The third kappa shape index (κ3) is 2.11. The summed E-state index contributed by atoms with van der Waals surface area (Å²) in [6.45, 7) is 0. The van der Waals surface area contributed by atoms with E-state index in [1.165, 1.54) is 12.1 Å². The molecule has 0 N–H and O–H groups in total. The lowest BCUT2D eigenvalue weighted by Gasteiger charge is -2.08. The van der Waals surface area contributed by atoms with Gasteiger partial charge in [-0.25, -0.2) is 4.39 Å². The summed E-state index contributed by atoms with van der Waals surface area (Å²) < 4.78 is 23.8. The lowest BCUT2D eigenvalue weighted by Crippen LogP contribution is -1.95. The van der Waals surface area contributed by atoms with Crippen LogP contribution < -0.4 is 0 Å². The number of furan rings is 1. The van der Waals surface area contributed by atoms with E-state index in [2.05, 4.69) is 20.9 Å². The van der Waals surface area contributed by atoms with Gasteiger partial charge in [0.05, 0.1) is 22.2 Å². The van der Waals surface area contributed by atoms with E-state index >= 15 is 0 Å². The quantitative estimate of drug-likeness (QED) is 0.281. The number of pyridine rings is 1. The summed E-state index contributed by atoms with van der Waals surface area (Å²) in [6.07, 6.45) is 1.77. The molecule has 0 aliphatic rings. The molecule has 0 aliphatic carbocycles. The van der Waals surface area contributed by atoms with E-state index in [1.54, 1.807) is 6.20 Å². The largest absolute Gasteiger partial charge is 0.454 e. The van der Waals surface area contributed by atoms with Crippen LogP contribution in [-0.4, -0.2) is 9.55 Å². The van der Waals surface area contributed by atoms with E-state index in [4.69, 9.17) is 4.42 Å². The minimum Gasteiger partial charge on any atom is -0.454 e. The number of para-hydroxylation sites is 1. The van der Waals surface area contributed by atoms with Crippen LogP contribution in [0.1, 0.15) is 0 Å². The van der Waals surface area contributed by atoms with Crippen LogP contribution >= 0.6 is 15.9 Å². The first-order valence-corrected chi connectivity index (χ1v) is 9.66. The highest BCUT2D eigenvalue weighted by molar-refractivity contribution is 9.10. The molecule has 0 radical (unpaired) electrons. The number of fused-ring (bicyclic) bond motifs is 6. The molecule has 0 unspecified atom stereocenters. The molecule has 3 aromatic carbocycles. The Kier molecular flexibility index (Phi) is 3.20. The van der Waals surface area contributed by atoms with Crippen LogP contribution in [-0.2, 0) is 0 Å². The second-order valence-corrected chi connectivity index (χ2v) is 7.68. The molecule has 0 saturated heterocycles. The molecule has 3 heterocycles. The molecule has 134 valence electrons. The molecule has 0 fully saturated rings. The number of nitrogens with zero attached hydrogens (tertiary/aromatic N) is 2. The first kappa shape index (κ1) is 15.8. The maximum atomic E-state index is 14.7. The van der Waals surface area contributed by atoms with E-state index in [0.717, 1.165) is 42.8 Å². The minimum atomic E-state index is -0.301. The average Bonchev–Trinajstić information content (AvgIpc) is 3.23. The maximum Gasteiger partial charge on any atom is 0.159 e. The summed E-state index contributed by atoms with van der Waals surface area (Å²) in [5, 5.41) is 2.67. The van der Waals surface area contributed by atoms with E-state index in [0.29, 0.717) is 11.3 Å². The molecular weight excluding hydrogens is 419 g/mol. The minimum absolute atomic E-state index is 0.301. The molecule has 0 spiro atoms. The van der Waals surface area contributed by atoms with Crippen LogP contribution in [0.25, 0.3) is 49.6 Å². The standard InChI is InChI=1S/C23H12BrFN2O/c24-13-7-8-18-17(10-13)22-19(5-3-9-26-22)27(18)20-12-14(25)11-16-15-4-1-2-6-21(15)28-23(16)20/h1-12H. The topological polar surface area (TPSA) is 31.0 Å². The third-order valence-corrected chi connectivity index (χ3v) is 5.64. The van der Waals surface area contributed by atoms with Crippen molar-refractivity contribution < 1.29 is 8.81 Å². The lowest BCUT2D eigenvalue weighted by molar-refractivity contribution is 0.624. The molecule has 0 saturated carbocycles. The van der Waals surface area contributed by atoms with E-state index in [-0.39, 0.29) is 5.82 Å². The molecule has 0 aliphatic heterocycles. The normalized spacial score (nSPS) is 11.9. The highest BCUT2D eigenvalue weighted by Gasteiger charge is 2.19. The second kappa shape index (κ2) is 5.66. The Morgan fingerprint density at radius 3 is 2.68 bits per heavy atom. The monoisotopic (exact) mass is 430 g/mol. The van der Waals surface area contributed by atoms with Crippen LogP contribution in [0.3, 0.4) is 0 Å². The summed E-state index contributed by atoms with van der Waals surface area (Å²) in [5.41, 5.74) is 4.79. The molecule has 0 bridgehead atoms.